The van der Waals surface area contributed by atoms with Gasteiger partial charge in [-0.25, -0.2) is 4.79 Å². The Bertz CT molecular complexity index is 428. The molecule has 1 rings (SSSR count). The van der Waals surface area contributed by atoms with E-state index in [1.165, 1.54) is 4.57 Å². The summed E-state index contributed by atoms with van der Waals surface area (Å²) in [7, 11) is 0. The highest BCUT2D eigenvalue weighted by Crippen LogP contribution is 1.95. The molecule has 0 fully saturated rings. The molecular formula is C9H12N2OS. The minimum absolute atomic E-state index is 0.159. The smallest absolute Gasteiger partial charge is 0.314 e. The summed E-state index contributed by atoms with van der Waals surface area (Å²) in [6, 6.07) is 0. The van der Waals surface area contributed by atoms with Crippen LogP contribution in [0.2, 0.25) is 0 Å². The summed E-state index contributed by atoms with van der Waals surface area (Å²) in [6.07, 6.45) is 5.42. The number of nitrogens with one attached hydrogen (secondary N) is 1. The molecule has 0 aliphatic carbocycles. The molecule has 0 unspecified atom stereocenters. The molecular weight excluding hydrogens is 184 g/mol. The van der Waals surface area contributed by atoms with Crippen molar-refractivity contribution in [3.8, 4) is 0 Å². The average Bonchev–Trinajstić information content (AvgIpc) is 2.12. The van der Waals surface area contributed by atoms with Crippen LogP contribution in [0.25, 0.3) is 0 Å². The zero-order valence-corrected chi connectivity index (χ0v) is 8.52. The molecule has 0 atom stereocenters. The lowest BCUT2D eigenvalue weighted by molar-refractivity contribution is 0.724. The number of allylic oxidation sites excluding steroid dienone is 2. The lowest BCUT2D eigenvalue weighted by Gasteiger charge is -2.02. The van der Waals surface area contributed by atoms with Gasteiger partial charge >= 0.3 is 5.69 Å². The van der Waals surface area contributed by atoms with Crippen LogP contribution in [0.15, 0.2) is 23.1 Å². The number of aryl methyl sites for hydroxylation is 1. The van der Waals surface area contributed by atoms with Gasteiger partial charge in [0.25, 0.3) is 0 Å². The Morgan fingerprint density at radius 2 is 2.38 bits per heavy atom. The molecule has 1 aromatic heterocycles. The summed E-state index contributed by atoms with van der Waals surface area (Å²) in [5.74, 6) is 0. The Labute approximate surface area is 81.7 Å². The molecule has 4 heteroatoms. The van der Waals surface area contributed by atoms with Crippen molar-refractivity contribution in [2.75, 3.05) is 0 Å². The first kappa shape index (κ1) is 9.92. The van der Waals surface area contributed by atoms with Crippen LogP contribution in [0.4, 0.5) is 0 Å². The van der Waals surface area contributed by atoms with Crippen LogP contribution in [0.1, 0.15) is 12.5 Å². The number of rotatable bonds is 2. The third-order valence-corrected chi connectivity index (χ3v) is 2.31. The van der Waals surface area contributed by atoms with Gasteiger partial charge in [-0.1, -0.05) is 24.4 Å². The van der Waals surface area contributed by atoms with Crippen LogP contribution in [0.5, 0.6) is 0 Å². The van der Waals surface area contributed by atoms with E-state index in [1.54, 1.807) is 6.20 Å². The molecule has 0 amide bonds. The summed E-state index contributed by atoms with van der Waals surface area (Å²) in [5, 5.41) is 0. The van der Waals surface area contributed by atoms with Crippen molar-refractivity contribution in [3.05, 3.63) is 39.0 Å². The number of nitrogens with zero attached hydrogens (tertiary/aromatic N) is 1. The predicted octanol–water partition coefficient (Wildman–Crippen LogP) is 1.79. The summed E-state index contributed by atoms with van der Waals surface area (Å²) in [4.78, 5) is 13.9. The van der Waals surface area contributed by atoms with Gasteiger partial charge in [0, 0.05) is 18.3 Å². The summed E-state index contributed by atoms with van der Waals surface area (Å²) in [5.41, 5.74) is 0.757. The summed E-state index contributed by atoms with van der Waals surface area (Å²) >= 11 is 5.10. The number of aromatic amines is 1. The highest BCUT2D eigenvalue weighted by atomic mass is 32.1. The van der Waals surface area contributed by atoms with E-state index < -0.39 is 0 Å². The van der Waals surface area contributed by atoms with Gasteiger partial charge in [-0.2, -0.15) is 0 Å². The Morgan fingerprint density at radius 3 is 3.00 bits per heavy atom. The first-order valence-corrected chi connectivity index (χ1v) is 4.48. The number of H-pyrrole nitrogens is 1. The van der Waals surface area contributed by atoms with Crippen LogP contribution >= 0.6 is 12.2 Å². The Morgan fingerprint density at radius 1 is 1.69 bits per heavy atom. The summed E-state index contributed by atoms with van der Waals surface area (Å²) in [6.45, 7) is 4.32. The molecule has 0 aliphatic heterocycles. The molecule has 70 valence electrons. The Kier molecular flexibility index (Phi) is 3.19. The van der Waals surface area contributed by atoms with E-state index in [1.807, 2.05) is 26.0 Å². The molecule has 1 heterocycles. The van der Waals surface area contributed by atoms with Crippen molar-refractivity contribution in [3.63, 3.8) is 0 Å². The Balaban J connectivity index is 3.26. The van der Waals surface area contributed by atoms with Crippen LogP contribution in [0, 0.1) is 11.6 Å². The second-order valence-electron chi connectivity index (χ2n) is 2.76. The van der Waals surface area contributed by atoms with Gasteiger partial charge in [0.2, 0.25) is 0 Å². The highest BCUT2D eigenvalue weighted by molar-refractivity contribution is 7.71. The van der Waals surface area contributed by atoms with Gasteiger partial charge in [0.15, 0.2) is 0 Å². The van der Waals surface area contributed by atoms with Crippen molar-refractivity contribution in [2.24, 2.45) is 0 Å². The maximum atomic E-state index is 11.3. The second-order valence-corrected chi connectivity index (χ2v) is 3.15. The quantitative estimate of drug-likeness (QED) is 0.578. The van der Waals surface area contributed by atoms with E-state index in [0.29, 0.717) is 11.2 Å². The number of aromatic nitrogens is 2. The lowest BCUT2D eigenvalue weighted by atomic mass is 10.4. The van der Waals surface area contributed by atoms with E-state index in [0.717, 1.165) is 5.56 Å². The molecule has 0 saturated carbocycles. The number of hydrogen-bond acceptors (Lipinski definition) is 2. The van der Waals surface area contributed by atoms with E-state index in [9.17, 15) is 4.79 Å². The predicted molar refractivity (Wildman–Crippen MR) is 55.4 cm³/mol. The molecule has 13 heavy (non-hydrogen) atoms. The van der Waals surface area contributed by atoms with Gasteiger partial charge < -0.3 is 4.98 Å². The van der Waals surface area contributed by atoms with Gasteiger partial charge in [0.05, 0.1) is 0 Å². The average molecular weight is 196 g/mol. The van der Waals surface area contributed by atoms with Gasteiger partial charge in [-0.15, -0.1) is 0 Å². The SMILES string of the molecule is C/C=C/Cn1c(=O)[nH]cc(C)c1=S. The fourth-order valence-corrected chi connectivity index (χ4v) is 1.21. The minimum Gasteiger partial charge on any atom is -0.314 e. The molecule has 0 aromatic carbocycles. The number of hydrogen-bond donors (Lipinski definition) is 1. The molecule has 0 bridgehead atoms. The zero-order chi connectivity index (χ0) is 9.84. The van der Waals surface area contributed by atoms with E-state index >= 15 is 0 Å². The van der Waals surface area contributed by atoms with E-state index in [-0.39, 0.29) is 5.69 Å². The van der Waals surface area contributed by atoms with Crippen molar-refractivity contribution in [1.29, 1.82) is 0 Å². The molecule has 3 nitrogen and oxygen atoms in total. The van der Waals surface area contributed by atoms with Crippen molar-refractivity contribution >= 4 is 12.2 Å². The monoisotopic (exact) mass is 196 g/mol. The molecule has 0 aliphatic rings. The first-order chi connectivity index (χ1) is 6.16. The van der Waals surface area contributed by atoms with Crippen LogP contribution in [-0.4, -0.2) is 9.55 Å². The fraction of sp³-hybridized carbons (Fsp3) is 0.333. The van der Waals surface area contributed by atoms with Crippen LogP contribution < -0.4 is 5.69 Å². The fourth-order valence-electron chi connectivity index (χ4n) is 0.991. The van der Waals surface area contributed by atoms with Crippen molar-refractivity contribution in [1.82, 2.24) is 9.55 Å². The zero-order valence-electron chi connectivity index (χ0n) is 7.70. The molecule has 0 saturated heterocycles. The van der Waals surface area contributed by atoms with Crippen LogP contribution in [-0.2, 0) is 6.54 Å². The van der Waals surface area contributed by atoms with E-state index in [2.05, 4.69) is 4.98 Å². The first-order valence-electron chi connectivity index (χ1n) is 4.07. The highest BCUT2D eigenvalue weighted by Gasteiger charge is 1.97. The normalized spacial score (nSPS) is 10.9. The second kappa shape index (κ2) is 4.18. The lowest BCUT2D eigenvalue weighted by Crippen LogP contribution is -2.23. The van der Waals surface area contributed by atoms with Crippen molar-refractivity contribution in [2.45, 2.75) is 20.4 Å². The minimum atomic E-state index is -0.159. The Hall–Kier alpha value is -1.16. The standard InChI is InChI=1S/C9H12N2OS/c1-3-4-5-11-8(13)7(2)6-10-9(11)12/h3-4,6H,5H2,1-2H3,(H,10,12)/b4-3+. The molecule has 0 spiro atoms. The third-order valence-electron chi connectivity index (χ3n) is 1.76. The topological polar surface area (TPSA) is 37.8 Å². The maximum Gasteiger partial charge on any atom is 0.326 e. The molecule has 1 aromatic rings. The molecule has 1 N–H and O–H groups in total. The maximum absolute atomic E-state index is 11.3. The van der Waals surface area contributed by atoms with Gasteiger partial charge in [0.1, 0.15) is 4.64 Å². The van der Waals surface area contributed by atoms with Crippen molar-refractivity contribution < 1.29 is 0 Å². The van der Waals surface area contributed by atoms with Gasteiger partial charge in [-0.05, 0) is 13.8 Å². The summed E-state index contributed by atoms with van der Waals surface area (Å²) < 4.78 is 2.13. The third kappa shape index (κ3) is 2.15. The van der Waals surface area contributed by atoms with Gasteiger partial charge in [-0.3, -0.25) is 4.57 Å². The largest absolute Gasteiger partial charge is 0.326 e. The van der Waals surface area contributed by atoms with E-state index in [4.69, 9.17) is 12.2 Å². The molecule has 0 radical (unpaired) electrons. The van der Waals surface area contributed by atoms with Crippen LogP contribution in [0.3, 0.4) is 0 Å².